The highest BCUT2D eigenvalue weighted by atomic mass is 19.3. The van der Waals surface area contributed by atoms with E-state index in [1.807, 2.05) is 6.92 Å². The van der Waals surface area contributed by atoms with E-state index in [0.29, 0.717) is 10.6 Å². The lowest BCUT2D eigenvalue weighted by molar-refractivity contribution is 0.0933. The zero-order chi connectivity index (χ0) is 19.9. The topological polar surface area (TPSA) is 77.1 Å². The maximum Gasteiger partial charge on any atom is 0.280 e. The number of carbonyl (C=O) groups excluding carboxylic acids is 1. The summed E-state index contributed by atoms with van der Waals surface area (Å²) in [6.45, 7) is 3.57. The van der Waals surface area contributed by atoms with Crippen LogP contribution in [0.3, 0.4) is 0 Å². The third kappa shape index (κ3) is 3.49. The van der Waals surface area contributed by atoms with Crippen LogP contribution in [-0.2, 0) is 7.05 Å². The highest BCUT2D eigenvalue weighted by molar-refractivity contribution is 5.93. The lowest BCUT2D eigenvalue weighted by Crippen LogP contribution is -2.27. The van der Waals surface area contributed by atoms with Crippen molar-refractivity contribution in [3.05, 3.63) is 46.7 Å². The molecule has 11 heteroatoms. The number of hydrogen-bond acceptors (Lipinski definition) is 4. The Hall–Kier alpha value is -2.98. The Morgan fingerprint density at radius 1 is 1.19 bits per heavy atom. The van der Waals surface area contributed by atoms with Crippen LogP contribution in [0.2, 0.25) is 0 Å². The molecule has 0 spiro atoms. The predicted molar refractivity (Wildman–Crippen MR) is 86.7 cm³/mol. The van der Waals surface area contributed by atoms with E-state index in [1.54, 1.807) is 24.9 Å². The number of fused-ring (bicyclic) bond motifs is 1. The number of alkyl halides is 4. The lowest BCUT2D eigenvalue weighted by Gasteiger charge is -2.12. The van der Waals surface area contributed by atoms with Crippen LogP contribution in [0.1, 0.15) is 59.0 Å². The van der Waals surface area contributed by atoms with E-state index in [1.165, 1.54) is 0 Å². The number of amides is 1. The maximum absolute atomic E-state index is 13.2. The highest BCUT2D eigenvalue weighted by Gasteiger charge is 2.23. The molecule has 3 aromatic heterocycles. The number of aromatic nitrogens is 5. The number of halogens is 4. The number of nitrogens with one attached hydrogen (secondary N) is 1. The van der Waals surface area contributed by atoms with Gasteiger partial charge >= 0.3 is 0 Å². The summed E-state index contributed by atoms with van der Waals surface area (Å²) in [5.41, 5.74) is -0.390. The van der Waals surface area contributed by atoms with E-state index < -0.39 is 36.2 Å². The number of hydrogen-bond donors (Lipinski definition) is 1. The molecule has 0 radical (unpaired) electrons. The van der Waals surface area contributed by atoms with Crippen LogP contribution >= 0.6 is 0 Å². The monoisotopic (exact) mass is 384 g/mol. The van der Waals surface area contributed by atoms with E-state index >= 15 is 0 Å². The van der Waals surface area contributed by atoms with Crippen molar-refractivity contribution in [2.75, 3.05) is 0 Å². The Balaban J connectivity index is 1.93. The number of carbonyl (C=O) groups is 1. The number of nitrogens with zero attached hydrogens (tertiary/aromatic N) is 5. The van der Waals surface area contributed by atoms with Gasteiger partial charge < -0.3 is 5.32 Å². The Morgan fingerprint density at radius 3 is 2.44 bits per heavy atom. The summed E-state index contributed by atoms with van der Waals surface area (Å²) in [4.78, 5) is 16.0. The molecule has 1 unspecified atom stereocenters. The zero-order valence-electron chi connectivity index (χ0n) is 14.6. The van der Waals surface area contributed by atoms with Crippen LogP contribution in [0.25, 0.3) is 5.65 Å². The molecule has 0 fully saturated rings. The van der Waals surface area contributed by atoms with Gasteiger partial charge in [0.1, 0.15) is 11.4 Å². The minimum atomic E-state index is -3.05. The van der Waals surface area contributed by atoms with Crippen molar-refractivity contribution >= 4 is 11.6 Å². The van der Waals surface area contributed by atoms with E-state index in [-0.39, 0.29) is 11.3 Å². The molecule has 1 N–H and O–H groups in total. The van der Waals surface area contributed by atoms with Gasteiger partial charge in [-0.25, -0.2) is 27.1 Å². The quantitative estimate of drug-likeness (QED) is 0.686. The first kappa shape index (κ1) is 18.8. The van der Waals surface area contributed by atoms with Crippen molar-refractivity contribution in [1.82, 2.24) is 29.7 Å². The summed E-state index contributed by atoms with van der Waals surface area (Å²) in [7, 11) is 1.76. The molecule has 1 atom stereocenters. The molecule has 3 aromatic rings. The SMILES string of the molecule is Cc1c(C(C)NC(=O)c2cc3nc(C(F)F)cc(C(F)F)n3n2)cnn1C. The second-order valence-corrected chi connectivity index (χ2v) is 6.01. The molecule has 0 saturated heterocycles. The molecular formula is C16H16F4N6O. The van der Waals surface area contributed by atoms with Gasteiger partial charge in [-0.3, -0.25) is 9.48 Å². The molecule has 0 aliphatic heterocycles. The normalized spacial score (nSPS) is 12.9. The summed E-state index contributed by atoms with van der Waals surface area (Å²) in [5.74, 6) is -0.643. The van der Waals surface area contributed by atoms with Crippen LogP contribution in [0.5, 0.6) is 0 Å². The van der Waals surface area contributed by atoms with Crippen LogP contribution in [0, 0.1) is 6.92 Å². The van der Waals surface area contributed by atoms with Gasteiger partial charge in [-0.15, -0.1) is 0 Å². The third-order valence-electron chi connectivity index (χ3n) is 4.24. The van der Waals surface area contributed by atoms with Gasteiger partial charge in [0, 0.05) is 24.4 Å². The zero-order valence-corrected chi connectivity index (χ0v) is 14.6. The van der Waals surface area contributed by atoms with Gasteiger partial charge in [0.25, 0.3) is 18.8 Å². The third-order valence-corrected chi connectivity index (χ3v) is 4.24. The van der Waals surface area contributed by atoms with Crippen LogP contribution in [-0.4, -0.2) is 30.3 Å². The maximum atomic E-state index is 13.2. The molecule has 7 nitrogen and oxygen atoms in total. The minimum Gasteiger partial charge on any atom is -0.344 e. The van der Waals surface area contributed by atoms with Crippen molar-refractivity contribution < 1.29 is 22.4 Å². The standard InChI is InChI=1S/C16H16F4N6O/c1-7(9-6-21-25(3)8(9)2)22-16(27)11-5-13-23-10(14(17)18)4-12(15(19)20)26(13)24-11/h4-7,14-15H,1-3H3,(H,22,27). The fraction of sp³-hybridized carbons (Fsp3) is 0.375. The van der Waals surface area contributed by atoms with Gasteiger partial charge in [0.15, 0.2) is 11.3 Å². The molecule has 0 aliphatic rings. The summed E-state index contributed by atoms with van der Waals surface area (Å²) >= 11 is 0. The van der Waals surface area contributed by atoms with Gasteiger partial charge in [-0.05, 0) is 19.9 Å². The van der Waals surface area contributed by atoms with Crippen molar-refractivity contribution in [2.45, 2.75) is 32.7 Å². The first-order valence-electron chi connectivity index (χ1n) is 7.95. The molecule has 3 rings (SSSR count). The average Bonchev–Trinajstić information content (AvgIpc) is 3.17. The van der Waals surface area contributed by atoms with E-state index in [9.17, 15) is 22.4 Å². The molecule has 0 aromatic carbocycles. The first-order valence-corrected chi connectivity index (χ1v) is 7.95. The Labute approximate surface area is 151 Å². The number of rotatable bonds is 5. The Kier molecular flexibility index (Phi) is 4.85. The second kappa shape index (κ2) is 6.97. The molecule has 0 aliphatic carbocycles. The van der Waals surface area contributed by atoms with Gasteiger partial charge in [0.05, 0.1) is 12.2 Å². The Bertz CT molecular complexity index is 996. The van der Waals surface area contributed by atoms with Gasteiger partial charge in [-0.2, -0.15) is 10.2 Å². The van der Waals surface area contributed by atoms with Crippen molar-refractivity contribution in [3.8, 4) is 0 Å². The fourth-order valence-electron chi connectivity index (χ4n) is 2.69. The van der Waals surface area contributed by atoms with E-state index in [4.69, 9.17) is 0 Å². The molecular weight excluding hydrogens is 368 g/mol. The van der Waals surface area contributed by atoms with E-state index in [2.05, 4.69) is 20.5 Å². The molecule has 27 heavy (non-hydrogen) atoms. The van der Waals surface area contributed by atoms with Crippen LogP contribution in [0.15, 0.2) is 18.3 Å². The van der Waals surface area contributed by atoms with Crippen molar-refractivity contribution in [3.63, 3.8) is 0 Å². The summed E-state index contributed by atoms with van der Waals surface area (Å²) in [5, 5.41) is 10.6. The smallest absolute Gasteiger partial charge is 0.280 e. The summed E-state index contributed by atoms with van der Waals surface area (Å²) in [6.07, 6.45) is -4.47. The van der Waals surface area contributed by atoms with Crippen LogP contribution < -0.4 is 5.32 Å². The minimum absolute atomic E-state index is 0.204. The first-order chi connectivity index (χ1) is 12.7. The Morgan fingerprint density at radius 2 is 1.89 bits per heavy atom. The molecule has 3 heterocycles. The number of aryl methyl sites for hydroxylation is 1. The molecule has 0 saturated carbocycles. The van der Waals surface area contributed by atoms with Crippen LogP contribution in [0.4, 0.5) is 17.6 Å². The second-order valence-electron chi connectivity index (χ2n) is 6.01. The highest BCUT2D eigenvalue weighted by Crippen LogP contribution is 2.25. The predicted octanol–water partition coefficient (Wildman–Crippen LogP) is 3.14. The van der Waals surface area contributed by atoms with Crippen molar-refractivity contribution in [2.24, 2.45) is 7.05 Å². The van der Waals surface area contributed by atoms with E-state index in [0.717, 1.165) is 17.3 Å². The van der Waals surface area contributed by atoms with Crippen molar-refractivity contribution in [1.29, 1.82) is 0 Å². The lowest BCUT2D eigenvalue weighted by atomic mass is 10.1. The van der Waals surface area contributed by atoms with Gasteiger partial charge in [0.2, 0.25) is 0 Å². The fourth-order valence-corrected chi connectivity index (χ4v) is 2.69. The van der Waals surface area contributed by atoms with Gasteiger partial charge in [-0.1, -0.05) is 0 Å². The largest absolute Gasteiger partial charge is 0.344 e. The summed E-state index contributed by atoms with van der Waals surface area (Å²) < 4.78 is 54.5. The molecule has 1 amide bonds. The summed E-state index contributed by atoms with van der Waals surface area (Å²) in [6, 6.07) is 1.25. The molecule has 0 bridgehead atoms. The average molecular weight is 384 g/mol. The molecule has 144 valence electrons.